The van der Waals surface area contributed by atoms with E-state index in [2.05, 4.69) is 40.3 Å². The van der Waals surface area contributed by atoms with Crippen molar-refractivity contribution in [3.63, 3.8) is 0 Å². The van der Waals surface area contributed by atoms with E-state index in [1.807, 2.05) is 146 Å². The Balaban J connectivity index is 0.787. The highest BCUT2D eigenvalue weighted by Crippen LogP contribution is 2.46. The molecule has 84 heavy (non-hydrogen) atoms. The van der Waals surface area contributed by atoms with Gasteiger partial charge in [0.05, 0.1) is 33.5 Å². The van der Waals surface area contributed by atoms with Crippen molar-refractivity contribution in [2.45, 2.75) is 38.5 Å². The number of anilines is 2. The number of hydrogen-bond acceptors (Lipinski definition) is 10. The number of carbonyl (C=O) groups excluding carboxylic acids is 2. The topological polar surface area (TPSA) is 205 Å². The summed E-state index contributed by atoms with van der Waals surface area (Å²) in [7, 11) is 0. The first kappa shape index (κ1) is 53.7. The van der Waals surface area contributed by atoms with E-state index in [4.69, 9.17) is 0 Å². The molecule has 0 aliphatic rings. The smallest absolute Gasteiger partial charge is 0.259 e. The fourth-order valence-corrected chi connectivity index (χ4v) is 11.8. The number of nitrogens with one attached hydrogen (secondary N) is 2. The van der Waals surface area contributed by atoms with Gasteiger partial charge in [0.25, 0.3) is 11.8 Å². The molecule has 412 valence electrons. The lowest BCUT2D eigenvalue weighted by molar-refractivity contribution is 0.101. The average Bonchev–Trinajstić information content (AvgIpc) is 2.37. The monoisotopic (exact) mass is 1100 g/mol. The van der Waals surface area contributed by atoms with Gasteiger partial charge in [0.1, 0.15) is 11.5 Å². The third kappa shape index (κ3) is 9.96. The second-order valence-corrected chi connectivity index (χ2v) is 21.3. The summed E-state index contributed by atoms with van der Waals surface area (Å²) in [6.07, 6.45) is 3.97. The lowest BCUT2D eigenvalue weighted by Gasteiger charge is -2.20. The first-order valence-corrected chi connectivity index (χ1v) is 27.4. The van der Waals surface area contributed by atoms with Crippen LogP contribution in [0.2, 0.25) is 0 Å². The Hall–Kier alpha value is -11.0. The maximum atomic E-state index is 14.0. The van der Waals surface area contributed by atoms with Gasteiger partial charge in [0, 0.05) is 56.5 Å². The van der Waals surface area contributed by atoms with Crippen molar-refractivity contribution < 1.29 is 40.2 Å². The zero-order valence-corrected chi connectivity index (χ0v) is 45.6. The number of rotatable bonds is 16. The van der Waals surface area contributed by atoms with E-state index < -0.39 is 11.8 Å². The number of benzene rings is 10. The van der Waals surface area contributed by atoms with E-state index in [1.165, 1.54) is 0 Å². The van der Waals surface area contributed by atoms with E-state index in [1.54, 1.807) is 36.7 Å². The second kappa shape index (κ2) is 22.2. The molecule has 0 aliphatic carbocycles. The second-order valence-electron chi connectivity index (χ2n) is 21.3. The van der Waals surface area contributed by atoms with Gasteiger partial charge >= 0.3 is 0 Å². The number of phenols is 6. The molecular formula is C72H56N4O8. The molecule has 10 aromatic carbocycles. The minimum Gasteiger partial charge on any atom is -0.507 e. The fourth-order valence-electron chi connectivity index (χ4n) is 11.8. The maximum Gasteiger partial charge on any atom is 0.259 e. The Kier molecular flexibility index (Phi) is 14.2. The number of allylic oxidation sites excluding steroid dienone is 3. The third-order valence-electron chi connectivity index (χ3n) is 15.8. The molecular weight excluding hydrogens is 1050 g/mol. The Labute approximate surface area is 482 Å². The molecule has 12 aromatic rings. The van der Waals surface area contributed by atoms with Crippen molar-refractivity contribution >= 4 is 88.1 Å². The van der Waals surface area contributed by atoms with Crippen molar-refractivity contribution in [2.75, 3.05) is 10.6 Å². The summed E-state index contributed by atoms with van der Waals surface area (Å²) >= 11 is 0. The normalized spacial score (nSPS) is 11.4. The van der Waals surface area contributed by atoms with Gasteiger partial charge in [-0.15, -0.1) is 0 Å². The van der Waals surface area contributed by atoms with Crippen molar-refractivity contribution in [3.05, 3.63) is 263 Å². The molecule has 2 amide bonds. The number of para-hydroxylation sites is 2. The number of hydrogen-bond donors (Lipinski definition) is 8. The highest BCUT2D eigenvalue weighted by molar-refractivity contribution is 6.13. The van der Waals surface area contributed by atoms with Gasteiger partial charge in [-0.05, 0) is 118 Å². The maximum absolute atomic E-state index is 14.0. The van der Waals surface area contributed by atoms with Gasteiger partial charge in [0.2, 0.25) is 0 Å². The molecule has 0 fully saturated rings. The van der Waals surface area contributed by atoms with Gasteiger partial charge in [-0.2, -0.15) is 0 Å². The molecule has 0 bridgehead atoms. The van der Waals surface area contributed by atoms with Gasteiger partial charge in [0.15, 0.2) is 23.0 Å². The molecule has 0 spiro atoms. The summed E-state index contributed by atoms with van der Waals surface area (Å²) < 4.78 is 0. The number of pyridine rings is 2. The van der Waals surface area contributed by atoms with Gasteiger partial charge in [-0.1, -0.05) is 170 Å². The predicted molar refractivity (Wildman–Crippen MR) is 335 cm³/mol. The minimum absolute atomic E-state index is 0.0727. The highest BCUT2D eigenvalue weighted by atomic mass is 16.3. The van der Waals surface area contributed by atoms with Crippen LogP contribution < -0.4 is 10.6 Å². The van der Waals surface area contributed by atoms with E-state index in [0.29, 0.717) is 94.1 Å². The van der Waals surface area contributed by atoms with Crippen LogP contribution in [0.15, 0.2) is 219 Å². The molecule has 12 heteroatoms. The first-order chi connectivity index (χ1) is 40.7. The van der Waals surface area contributed by atoms with Gasteiger partial charge in [-0.3, -0.25) is 19.6 Å². The highest BCUT2D eigenvalue weighted by Gasteiger charge is 2.26. The summed E-state index contributed by atoms with van der Waals surface area (Å²) in [4.78, 5) is 36.9. The van der Waals surface area contributed by atoms with Crippen LogP contribution in [0.25, 0.3) is 64.9 Å². The first-order valence-electron chi connectivity index (χ1n) is 27.4. The summed E-state index contributed by atoms with van der Waals surface area (Å²) in [5.74, 6) is -2.80. The molecule has 8 N–H and O–H groups in total. The van der Waals surface area contributed by atoms with Crippen LogP contribution >= 0.6 is 0 Å². The molecule has 0 aliphatic heterocycles. The molecule has 2 aromatic heterocycles. The van der Waals surface area contributed by atoms with Crippen LogP contribution in [0.1, 0.15) is 54.1 Å². The third-order valence-corrected chi connectivity index (χ3v) is 15.8. The molecule has 2 heterocycles. The van der Waals surface area contributed by atoms with Crippen LogP contribution in [0.5, 0.6) is 34.5 Å². The molecule has 0 atom stereocenters. The number of carbonyl (C=O) groups is 2. The van der Waals surface area contributed by atoms with E-state index in [0.717, 1.165) is 32.3 Å². The average molecular weight is 1110 g/mol. The van der Waals surface area contributed by atoms with Crippen molar-refractivity contribution in [1.82, 2.24) is 9.97 Å². The minimum atomic E-state index is -0.514. The van der Waals surface area contributed by atoms with E-state index >= 15 is 0 Å². The zero-order valence-electron chi connectivity index (χ0n) is 45.6. The molecule has 12 rings (SSSR count). The Morgan fingerprint density at radius 3 is 0.940 bits per heavy atom. The molecule has 0 saturated carbocycles. The summed E-state index contributed by atoms with van der Waals surface area (Å²) in [6.45, 7) is 13.2. The van der Waals surface area contributed by atoms with Crippen LogP contribution in [0.4, 0.5) is 11.4 Å². The van der Waals surface area contributed by atoms with Crippen LogP contribution in [-0.4, -0.2) is 52.4 Å². The largest absolute Gasteiger partial charge is 0.507 e. The quantitative estimate of drug-likeness (QED) is 0.0339. The SMILES string of the molecule is C=C(Cc1c(O)c(C(=O)Nc2cccc3cccnc23)cc2ccccc12)Cc1c(O)c(O)c(CC(=C)Cc2c(O)c(O)c(CC(=C)Cc3c(O)c(C(=O)Nc4cccc5cccnc45)cc4ccccc34)c3ccccc23)c2ccccc12. The number of amides is 2. The van der Waals surface area contributed by atoms with Gasteiger partial charge < -0.3 is 41.3 Å². The zero-order chi connectivity index (χ0) is 58.3. The molecule has 0 radical (unpaired) electrons. The molecule has 0 unspecified atom stereocenters. The number of fused-ring (bicyclic) bond motifs is 6. The summed E-state index contributed by atoms with van der Waals surface area (Å²) in [5, 5.41) is 84.6. The number of aromatic hydroxyl groups is 6. The molecule has 12 nitrogen and oxygen atoms in total. The standard InChI is InChI=1S/C72H56N4O8/c1-40(32-53-47-22-6-4-16-45(47)38-59(65(53)77)71(83)75-61-28-12-18-43-20-14-30-73-63(43)61)34-55-49-24-8-10-26-51(49)57(69(81)67(55)79)36-42(3)37-58-52-27-11-9-25-50(52)56(68(80)70(58)82)35-41(2)33-54-48-23-7-5-17-46(48)39-60(66(54)78)72(84)76-62-29-13-19-44-21-15-31-74-64(44)62/h4-31,38-39,77-82H,1-3,32-37H2,(H,75,83)(H,76,84). The van der Waals surface area contributed by atoms with Crippen LogP contribution in [0.3, 0.4) is 0 Å². The lowest BCUT2D eigenvalue weighted by atomic mass is 9.86. The lowest BCUT2D eigenvalue weighted by Crippen LogP contribution is -2.13. The van der Waals surface area contributed by atoms with Crippen molar-refractivity contribution in [1.29, 1.82) is 0 Å². The summed E-state index contributed by atoms with van der Waals surface area (Å²) in [6, 6.07) is 51.4. The number of nitrogens with zero attached hydrogens (tertiary/aromatic N) is 2. The van der Waals surface area contributed by atoms with Crippen molar-refractivity contribution in [3.8, 4) is 34.5 Å². The van der Waals surface area contributed by atoms with E-state index in [9.17, 15) is 40.2 Å². The van der Waals surface area contributed by atoms with Crippen LogP contribution in [-0.2, 0) is 38.5 Å². The number of phenolic OH excluding ortho intramolecular Hbond substituents is 6. The van der Waals surface area contributed by atoms with Gasteiger partial charge in [-0.25, -0.2) is 0 Å². The Bertz CT molecular complexity index is 4450. The fraction of sp³-hybridized carbons (Fsp3) is 0.0833. The Morgan fingerprint density at radius 1 is 0.333 bits per heavy atom. The van der Waals surface area contributed by atoms with E-state index in [-0.39, 0.29) is 84.1 Å². The Morgan fingerprint density at radius 2 is 0.607 bits per heavy atom. The number of aromatic nitrogens is 2. The summed E-state index contributed by atoms with van der Waals surface area (Å²) in [5.41, 5.74) is 6.75. The van der Waals surface area contributed by atoms with Crippen LogP contribution in [0, 0.1) is 0 Å². The predicted octanol–water partition coefficient (Wildman–Crippen LogP) is 15.2. The molecule has 0 saturated heterocycles. The van der Waals surface area contributed by atoms with Crippen molar-refractivity contribution in [2.24, 2.45) is 0 Å².